The van der Waals surface area contributed by atoms with Crippen molar-refractivity contribution >= 4 is 0 Å². The Bertz CT molecular complexity index is 153. The Morgan fingerprint density at radius 1 is 1.21 bits per heavy atom. The van der Waals surface area contributed by atoms with Gasteiger partial charge in [0.2, 0.25) is 0 Å². The fraction of sp³-hybridized carbons (Fsp3) is 1.00. The van der Waals surface area contributed by atoms with E-state index >= 15 is 0 Å². The van der Waals surface area contributed by atoms with Crippen molar-refractivity contribution in [1.29, 1.82) is 0 Å². The van der Waals surface area contributed by atoms with Crippen LogP contribution in [0.2, 0.25) is 0 Å². The number of nitrogens with one attached hydrogen (secondary N) is 1. The first-order valence-electron chi connectivity index (χ1n) is 5.72. The monoisotopic (exact) mass is 205 g/mol. The standard InChI is InChI=1S/C11H21F2N/c1-2-11(12,13)9-14-8-10-6-4-3-5-7-10/h10,14H,2-9H2,1H3. The summed E-state index contributed by atoms with van der Waals surface area (Å²) in [6, 6.07) is 0. The molecule has 0 spiro atoms. The molecule has 0 saturated heterocycles. The van der Waals surface area contributed by atoms with E-state index in [4.69, 9.17) is 0 Å². The van der Waals surface area contributed by atoms with Crippen LogP contribution in [0.1, 0.15) is 45.4 Å². The van der Waals surface area contributed by atoms with Crippen molar-refractivity contribution in [3.63, 3.8) is 0 Å². The van der Waals surface area contributed by atoms with E-state index in [0.717, 1.165) is 6.54 Å². The number of alkyl halides is 2. The zero-order chi connectivity index (χ0) is 10.4. The Balaban J connectivity index is 2.08. The third kappa shape index (κ3) is 4.36. The lowest BCUT2D eigenvalue weighted by Crippen LogP contribution is -2.35. The van der Waals surface area contributed by atoms with Gasteiger partial charge in [-0.15, -0.1) is 0 Å². The van der Waals surface area contributed by atoms with Gasteiger partial charge in [-0.05, 0) is 25.3 Å². The molecule has 0 atom stereocenters. The van der Waals surface area contributed by atoms with Crippen molar-refractivity contribution in [1.82, 2.24) is 5.32 Å². The van der Waals surface area contributed by atoms with Gasteiger partial charge in [-0.25, -0.2) is 8.78 Å². The molecule has 0 aromatic heterocycles. The molecule has 1 saturated carbocycles. The summed E-state index contributed by atoms with van der Waals surface area (Å²) in [5, 5.41) is 2.90. The Labute approximate surface area is 85.3 Å². The molecule has 0 radical (unpaired) electrons. The molecule has 0 amide bonds. The quantitative estimate of drug-likeness (QED) is 0.726. The Morgan fingerprint density at radius 3 is 2.43 bits per heavy atom. The van der Waals surface area contributed by atoms with Gasteiger partial charge in [0.05, 0.1) is 6.54 Å². The van der Waals surface area contributed by atoms with E-state index in [1.807, 2.05) is 0 Å². The molecule has 1 rings (SSSR count). The minimum atomic E-state index is -2.52. The predicted molar refractivity (Wildman–Crippen MR) is 54.7 cm³/mol. The van der Waals surface area contributed by atoms with Gasteiger partial charge >= 0.3 is 0 Å². The number of hydrogen-bond donors (Lipinski definition) is 1. The maximum atomic E-state index is 12.8. The van der Waals surface area contributed by atoms with Gasteiger partial charge in [0.25, 0.3) is 5.92 Å². The molecule has 1 fully saturated rings. The average molecular weight is 205 g/mol. The lowest BCUT2D eigenvalue weighted by molar-refractivity contribution is -0.00252. The van der Waals surface area contributed by atoms with E-state index in [2.05, 4.69) is 5.32 Å². The van der Waals surface area contributed by atoms with E-state index < -0.39 is 5.92 Å². The molecule has 3 heteroatoms. The van der Waals surface area contributed by atoms with Crippen molar-refractivity contribution in [2.45, 2.75) is 51.4 Å². The predicted octanol–water partition coefficient (Wildman–Crippen LogP) is 3.20. The zero-order valence-electron chi connectivity index (χ0n) is 8.99. The van der Waals surface area contributed by atoms with Crippen molar-refractivity contribution in [2.75, 3.05) is 13.1 Å². The van der Waals surface area contributed by atoms with Crippen molar-refractivity contribution in [3.05, 3.63) is 0 Å². The van der Waals surface area contributed by atoms with Gasteiger partial charge < -0.3 is 5.32 Å². The van der Waals surface area contributed by atoms with Gasteiger partial charge in [0.15, 0.2) is 0 Å². The van der Waals surface area contributed by atoms with E-state index in [1.54, 1.807) is 0 Å². The Hall–Kier alpha value is -0.180. The van der Waals surface area contributed by atoms with Gasteiger partial charge in [0, 0.05) is 6.42 Å². The first-order valence-corrected chi connectivity index (χ1v) is 5.72. The second-order valence-corrected chi connectivity index (χ2v) is 4.34. The van der Waals surface area contributed by atoms with Crippen molar-refractivity contribution in [2.24, 2.45) is 5.92 Å². The molecule has 0 bridgehead atoms. The van der Waals surface area contributed by atoms with Crippen molar-refractivity contribution < 1.29 is 8.78 Å². The van der Waals surface area contributed by atoms with Crippen LogP contribution in [0.5, 0.6) is 0 Å². The van der Waals surface area contributed by atoms with Crippen LogP contribution in [-0.4, -0.2) is 19.0 Å². The largest absolute Gasteiger partial charge is 0.311 e. The minimum Gasteiger partial charge on any atom is -0.311 e. The van der Waals surface area contributed by atoms with Gasteiger partial charge in [0.1, 0.15) is 0 Å². The molecule has 1 nitrogen and oxygen atoms in total. The van der Waals surface area contributed by atoms with Crippen LogP contribution in [0, 0.1) is 5.92 Å². The van der Waals surface area contributed by atoms with Gasteiger partial charge in [-0.3, -0.25) is 0 Å². The fourth-order valence-corrected chi connectivity index (χ4v) is 1.98. The summed E-state index contributed by atoms with van der Waals surface area (Å²) in [5.74, 6) is -1.88. The van der Waals surface area contributed by atoms with Crippen molar-refractivity contribution in [3.8, 4) is 0 Å². The highest BCUT2D eigenvalue weighted by atomic mass is 19.3. The maximum absolute atomic E-state index is 12.8. The molecule has 14 heavy (non-hydrogen) atoms. The molecule has 0 aromatic carbocycles. The summed E-state index contributed by atoms with van der Waals surface area (Å²) in [4.78, 5) is 0. The second kappa shape index (κ2) is 5.64. The summed E-state index contributed by atoms with van der Waals surface area (Å²) in [5.41, 5.74) is 0. The molecule has 1 aliphatic rings. The Kier molecular flexibility index (Phi) is 4.79. The molecule has 0 aromatic rings. The average Bonchev–Trinajstić information content (AvgIpc) is 2.19. The highest BCUT2D eigenvalue weighted by molar-refractivity contribution is 4.71. The summed E-state index contributed by atoms with van der Waals surface area (Å²) in [7, 11) is 0. The molecule has 1 aliphatic carbocycles. The molecule has 84 valence electrons. The molecular formula is C11H21F2N. The number of halogens is 2. The molecule has 0 aliphatic heterocycles. The van der Waals surface area contributed by atoms with E-state index in [9.17, 15) is 8.78 Å². The summed E-state index contributed by atoms with van der Waals surface area (Å²) in [6.07, 6.45) is 6.23. The third-order valence-electron chi connectivity index (χ3n) is 3.06. The first-order chi connectivity index (χ1) is 6.64. The summed E-state index contributed by atoms with van der Waals surface area (Å²) < 4.78 is 25.7. The van der Waals surface area contributed by atoms with Crippen LogP contribution in [0.4, 0.5) is 8.78 Å². The SMILES string of the molecule is CCC(F)(F)CNCC1CCCCC1. The number of rotatable bonds is 5. The first kappa shape index (κ1) is 11.9. The summed E-state index contributed by atoms with van der Waals surface area (Å²) in [6.45, 7) is 2.15. The van der Waals surface area contributed by atoms with E-state index in [0.29, 0.717) is 5.92 Å². The lowest BCUT2D eigenvalue weighted by Gasteiger charge is -2.23. The molecule has 1 N–H and O–H groups in total. The molecule has 0 heterocycles. The van der Waals surface area contributed by atoms with Crippen LogP contribution < -0.4 is 5.32 Å². The third-order valence-corrected chi connectivity index (χ3v) is 3.06. The van der Waals surface area contributed by atoms with Crippen LogP contribution in [-0.2, 0) is 0 Å². The highest BCUT2D eigenvalue weighted by Gasteiger charge is 2.25. The minimum absolute atomic E-state index is 0.0648. The van der Waals surface area contributed by atoms with Crippen LogP contribution in [0.3, 0.4) is 0 Å². The normalized spacial score (nSPS) is 19.9. The van der Waals surface area contributed by atoms with Gasteiger partial charge in [-0.2, -0.15) is 0 Å². The van der Waals surface area contributed by atoms with E-state index in [-0.39, 0.29) is 13.0 Å². The van der Waals surface area contributed by atoms with Crippen LogP contribution >= 0.6 is 0 Å². The smallest absolute Gasteiger partial charge is 0.260 e. The number of hydrogen-bond acceptors (Lipinski definition) is 1. The zero-order valence-corrected chi connectivity index (χ0v) is 8.99. The summed E-state index contributed by atoms with van der Waals surface area (Å²) >= 11 is 0. The van der Waals surface area contributed by atoms with Crippen LogP contribution in [0.25, 0.3) is 0 Å². The molecule has 0 unspecified atom stereocenters. The van der Waals surface area contributed by atoms with Gasteiger partial charge in [-0.1, -0.05) is 26.2 Å². The fourth-order valence-electron chi connectivity index (χ4n) is 1.98. The van der Waals surface area contributed by atoms with E-state index in [1.165, 1.54) is 39.0 Å². The Morgan fingerprint density at radius 2 is 1.86 bits per heavy atom. The maximum Gasteiger partial charge on any atom is 0.260 e. The molecular weight excluding hydrogens is 184 g/mol. The van der Waals surface area contributed by atoms with Crippen LogP contribution in [0.15, 0.2) is 0 Å². The second-order valence-electron chi connectivity index (χ2n) is 4.34. The topological polar surface area (TPSA) is 12.0 Å². The lowest BCUT2D eigenvalue weighted by atomic mass is 9.89. The highest BCUT2D eigenvalue weighted by Crippen LogP contribution is 2.23.